The van der Waals surface area contributed by atoms with Crippen molar-refractivity contribution in [3.8, 4) is 11.4 Å². The van der Waals surface area contributed by atoms with Crippen LogP contribution in [0.1, 0.15) is 37.5 Å². The minimum absolute atomic E-state index is 0.0925. The van der Waals surface area contributed by atoms with Crippen LogP contribution >= 0.6 is 11.8 Å². The lowest BCUT2D eigenvalue weighted by Crippen LogP contribution is -2.22. The van der Waals surface area contributed by atoms with Gasteiger partial charge in [-0.05, 0) is 53.3 Å². The number of hydrogen-bond acceptors (Lipinski definition) is 4. The smallest absolute Gasteiger partial charge is 0.266 e. The summed E-state index contributed by atoms with van der Waals surface area (Å²) in [6.07, 6.45) is 0. The Hall–Kier alpha value is -3.05. The molecule has 0 fully saturated rings. The van der Waals surface area contributed by atoms with Gasteiger partial charge < -0.3 is 4.74 Å². The van der Waals surface area contributed by atoms with Gasteiger partial charge in [0.05, 0.1) is 23.7 Å². The van der Waals surface area contributed by atoms with Crippen molar-refractivity contribution < 1.29 is 4.74 Å². The highest BCUT2D eigenvalue weighted by atomic mass is 32.2. The van der Waals surface area contributed by atoms with Gasteiger partial charge in [0.25, 0.3) is 5.56 Å². The van der Waals surface area contributed by atoms with Crippen LogP contribution in [0.25, 0.3) is 16.6 Å². The van der Waals surface area contributed by atoms with Gasteiger partial charge in [0.1, 0.15) is 5.75 Å². The van der Waals surface area contributed by atoms with E-state index in [0.29, 0.717) is 33.2 Å². The number of benzene rings is 3. The van der Waals surface area contributed by atoms with Crippen molar-refractivity contribution in [3.05, 3.63) is 93.8 Å². The van der Waals surface area contributed by atoms with E-state index >= 15 is 0 Å². The predicted octanol–water partition coefficient (Wildman–Crippen LogP) is 6.29. The molecule has 0 unspecified atom stereocenters. The van der Waals surface area contributed by atoms with E-state index in [-0.39, 0.29) is 11.0 Å². The standard InChI is InChI=1S/C27H28N2O2S/c1-18-10-15-24(31-5)23(16-18)29-25(30)21-8-6-7-9-22(21)28-26(29)32-17-19-11-13-20(14-12-19)27(2,3)4/h6-16H,17H2,1-5H3. The van der Waals surface area contributed by atoms with Crippen LogP contribution in [0.5, 0.6) is 5.75 Å². The van der Waals surface area contributed by atoms with Gasteiger partial charge in [-0.3, -0.25) is 9.36 Å². The zero-order valence-electron chi connectivity index (χ0n) is 19.2. The summed E-state index contributed by atoms with van der Waals surface area (Å²) in [5, 5.41) is 1.24. The summed E-state index contributed by atoms with van der Waals surface area (Å²) in [6.45, 7) is 8.64. The van der Waals surface area contributed by atoms with E-state index < -0.39 is 0 Å². The summed E-state index contributed by atoms with van der Waals surface area (Å²) >= 11 is 1.56. The highest BCUT2D eigenvalue weighted by molar-refractivity contribution is 7.98. The van der Waals surface area contributed by atoms with Crippen molar-refractivity contribution in [2.75, 3.05) is 7.11 Å². The normalized spacial score (nSPS) is 11.7. The molecule has 0 spiro atoms. The Bertz CT molecular complexity index is 1320. The number of ether oxygens (including phenoxy) is 1. The molecule has 0 aliphatic carbocycles. The number of aromatic nitrogens is 2. The summed E-state index contributed by atoms with van der Waals surface area (Å²) in [5.74, 6) is 1.36. The van der Waals surface area contributed by atoms with Gasteiger partial charge in [0.15, 0.2) is 5.16 Å². The van der Waals surface area contributed by atoms with Crippen LogP contribution in [0.3, 0.4) is 0 Å². The van der Waals surface area contributed by atoms with Crippen molar-refractivity contribution >= 4 is 22.7 Å². The minimum Gasteiger partial charge on any atom is -0.495 e. The van der Waals surface area contributed by atoms with Gasteiger partial charge in [0, 0.05) is 5.75 Å². The molecule has 4 rings (SSSR count). The van der Waals surface area contributed by atoms with E-state index in [9.17, 15) is 4.79 Å². The summed E-state index contributed by atoms with van der Waals surface area (Å²) in [6, 6.07) is 22.0. The molecule has 0 N–H and O–H groups in total. The third-order valence-corrected chi connectivity index (χ3v) is 6.52. The number of thioether (sulfide) groups is 1. The first-order valence-electron chi connectivity index (χ1n) is 10.7. The van der Waals surface area contributed by atoms with E-state index in [0.717, 1.165) is 5.56 Å². The number of fused-ring (bicyclic) bond motifs is 1. The highest BCUT2D eigenvalue weighted by Crippen LogP contribution is 2.30. The molecule has 0 aliphatic rings. The van der Waals surface area contributed by atoms with Gasteiger partial charge in [-0.25, -0.2) is 4.98 Å². The van der Waals surface area contributed by atoms with Crippen molar-refractivity contribution in [2.45, 2.75) is 44.0 Å². The fourth-order valence-electron chi connectivity index (χ4n) is 3.65. The average Bonchev–Trinajstić information content (AvgIpc) is 2.77. The fourth-order valence-corrected chi connectivity index (χ4v) is 4.61. The maximum Gasteiger partial charge on any atom is 0.266 e. The van der Waals surface area contributed by atoms with Crippen molar-refractivity contribution in [1.82, 2.24) is 9.55 Å². The molecule has 0 aliphatic heterocycles. The number of rotatable bonds is 5. The Kier molecular flexibility index (Phi) is 6.11. The summed E-state index contributed by atoms with van der Waals surface area (Å²) in [7, 11) is 1.62. The molecular formula is C27H28N2O2S. The van der Waals surface area contributed by atoms with Crippen molar-refractivity contribution in [3.63, 3.8) is 0 Å². The molecule has 0 radical (unpaired) electrons. The lowest BCUT2D eigenvalue weighted by atomic mass is 9.87. The van der Waals surface area contributed by atoms with Gasteiger partial charge in [-0.1, -0.05) is 75.0 Å². The molecule has 0 saturated carbocycles. The predicted molar refractivity (Wildman–Crippen MR) is 133 cm³/mol. The molecule has 32 heavy (non-hydrogen) atoms. The Morgan fingerprint density at radius 2 is 1.72 bits per heavy atom. The highest BCUT2D eigenvalue weighted by Gasteiger charge is 2.17. The maximum atomic E-state index is 13.5. The Balaban J connectivity index is 1.79. The molecule has 1 aromatic heterocycles. The minimum atomic E-state index is -0.0925. The SMILES string of the molecule is COc1ccc(C)cc1-n1c(SCc2ccc(C(C)(C)C)cc2)nc2ccccc2c1=O. The van der Waals surface area contributed by atoms with Gasteiger partial charge >= 0.3 is 0 Å². The largest absolute Gasteiger partial charge is 0.495 e. The van der Waals surface area contributed by atoms with Gasteiger partial charge in [0.2, 0.25) is 0 Å². The second-order valence-electron chi connectivity index (χ2n) is 8.96. The first kappa shape index (κ1) is 22.2. The fraction of sp³-hybridized carbons (Fsp3) is 0.259. The summed E-state index contributed by atoms with van der Waals surface area (Å²) in [5.41, 5.74) is 4.98. The van der Waals surface area contributed by atoms with Gasteiger partial charge in [-0.2, -0.15) is 0 Å². The quantitative estimate of drug-likeness (QED) is 0.268. The van der Waals surface area contributed by atoms with Crippen LogP contribution in [-0.4, -0.2) is 16.7 Å². The van der Waals surface area contributed by atoms with Crippen molar-refractivity contribution in [1.29, 1.82) is 0 Å². The molecule has 1 heterocycles. The van der Waals surface area contributed by atoms with Crippen LogP contribution in [0.2, 0.25) is 0 Å². The Morgan fingerprint density at radius 3 is 2.41 bits per heavy atom. The molecular weight excluding hydrogens is 416 g/mol. The number of aryl methyl sites for hydroxylation is 1. The molecule has 0 saturated heterocycles. The lowest BCUT2D eigenvalue weighted by molar-refractivity contribution is 0.411. The third-order valence-electron chi connectivity index (χ3n) is 5.51. The van der Waals surface area contributed by atoms with Crippen LogP contribution in [0.4, 0.5) is 0 Å². The lowest BCUT2D eigenvalue weighted by Gasteiger charge is -2.19. The summed E-state index contributed by atoms with van der Waals surface area (Å²) < 4.78 is 7.27. The molecule has 0 bridgehead atoms. The maximum absolute atomic E-state index is 13.5. The Morgan fingerprint density at radius 1 is 1.00 bits per heavy atom. The van der Waals surface area contributed by atoms with Crippen LogP contribution < -0.4 is 10.3 Å². The van der Waals surface area contributed by atoms with Crippen LogP contribution in [0, 0.1) is 6.92 Å². The van der Waals surface area contributed by atoms with Crippen LogP contribution in [-0.2, 0) is 11.2 Å². The number of para-hydroxylation sites is 1. The molecule has 0 atom stereocenters. The zero-order valence-corrected chi connectivity index (χ0v) is 20.0. The van der Waals surface area contributed by atoms with E-state index in [2.05, 4.69) is 45.0 Å². The molecule has 0 amide bonds. The van der Waals surface area contributed by atoms with Crippen LogP contribution in [0.15, 0.2) is 76.7 Å². The number of nitrogens with zero attached hydrogens (tertiary/aromatic N) is 2. The number of hydrogen-bond donors (Lipinski definition) is 0. The number of methoxy groups -OCH3 is 1. The Labute approximate surface area is 193 Å². The molecule has 3 aromatic carbocycles. The first-order valence-corrected chi connectivity index (χ1v) is 11.7. The topological polar surface area (TPSA) is 44.1 Å². The monoisotopic (exact) mass is 444 g/mol. The molecule has 4 aromatic rings. The second kappa shape index (κ2) is 8.83. The molecule has 5 heteroatoms. The van der Waals surface area contributed by atoms with E-state index in [1.165, 1.54) is 11.1 Å². The van der Waals surface area contributed by atoms with E-state index in [4.69, 9.17) is 9.72 Å². The second-order valence-corrected chi connectivity index (χ2v) is 9.91. The molecule has 164 valence electrons. The first-order chi connectivity index (χ1) is 15.3. The van der Waals surface area contributed by atoms with Gasteiger partial charge in [-0.15, -0.1) is 0 Å². The van der Waals surface area contributed by atoms with E-state index in [1.54, 1.807) is 23.4 Å². The van der Waals surface area contributed by atoms with E-state index in [1.807, 2.05) is 49.4 Å². The molecule has 4 nitrogen and oxygen atoms in total. The van der Waals surface area contributed by atoms with Crippen molar-refractivity contribution in [2.24, 2.45) is 0 Å². The zero-order chi connectivity index (χ0) is 22.9. The summed E-state index contributed by atoms with van der Waals surface area (Å²) in [4.78, 5) is 18.4. The average molecular weight is 445 g/mol. The third kappa shape index (κ3) is 4.44.